The number of rotatable bonds is 9. The summed E-state index contributed by atoms with van der Waals surface area (Å²) in [5.74, 6) is -0.751. The summed E-state index contributed by atoms with van der Waals surface area (Å²) in [6, 6.07) is 9.03. The van der Waals surface area contributed by atoms with E-state index in [-0.39, 0.29) is 0 Å². The molecule has 106 valence electrons. The van der Waals surface area contributed by atoms with Gasteiger partial charge in [-0.2, -0.15) is 0 Å². The first-order valence-corrected chi connectivity index (χ1v) is 7.22. The Morgan fingerprint density at radius 3 is 2.05 bits per heavy atom. The Morgan fingerprint density at radius 2 is 1.63 bits per heavy atom. The van der Waals surface area contributed by atoms with Gasteiger partial charge in [0.2, 0.25) is 0 Å². The molecule has 3 nitrogen and oxygen atoms in total. The third-order valence-corrected chi connectivity index (χ3v) is 3.31. The Balaban J connectivity index is 2.88. The SMILES string of the molecule is CCCCN(CCCC)C(C(=O)O)c1ccccc1. The van der Waals surface area contributed by atoms with Crippen molar-refractivity contribution in [3.05, 3.63) is 35.9 Å². The second-order valence-electron chi connectivity index (χ2n) is 4.89. The van der Waals surface area contributed by atoms with Gasteiger partial charge < -0.3 is 5.11 Å². The lowest BCUT2D eigenvalue weighted by Crippen LogP contribution is -2.35. The molecule has 1 atom stereocenters. The van der Waals surface area contributed by atoms with Crippen molar-refractivity contribution in [2.24, 2.45) is 0 Å². The van der Waals surface area contributed by atoms with E-state index in [1.807, 2.05) is 30.3 Å². The van der Waals surface area contributed by atoms with Gasteiger partial charge in [-0.1, -0.05) is 57.0 Å². The molecule has 0 aliphatic carbocycles. The van der Waals surface area contributed by atoms with Gasteiger partial charge in [-0.3, -0.25) is 9.69 Å². The number of hydrogen-bond acceptors (Lipinski definition) is 2. The topological polar surface area (TPSA) is 40.5 Å². The van der Waals surface area contributed by atoms with Crippen molar-refractivity contribution in [1.82, 2.24) is 4.90 Å². The van der Waals surface area contributed by atoms with Crippen molar-refractivity contribution in [2.75, 3.05) is 13.1 Å². The van der Waals surface area contributed by atoms with Gasteiger partial charge in [-0.15, -0.1) is 0 Å². The lowest BCUT2D eigenvalue weighted by Gasteiger charge is -2.29. The standard InChI is InChI=1S/C16H25NO2/c1-3-5-12-17(13-6-4-2)15(16(18)19)14-10-8-7-9-11-14/h7-11,15H,3-6,12-13H2,1-2H3,(H,18,19). The quantitative estimate of drug-likeness (QED) is 0.738. The van der Waals surface area contributed by atoms with Gasteiger partial charge in [0.05, 0.1) is 0 Å². The first kappa shape index (κ1) is 15.7. The number of carbonyl (C=O) groups is 1. The third kappa shape index (κ3) is 5.03. The van der Waals surface area contributed by atoms with Crippen LogP contribution in [0.4, 0.5) is 0 Å². The highest BCUT2D eigenvalue weighted by molar-refractivity contribution is 5.75. The third-order valence-electron chi connectivity index (χ3n) is 3.31. The lowest BCUT2D eigenvalue weighted by atomic mass is 10.0. The van der Waals surface area contributed by atoms with E-state index >= 15 is 0 Å². The van der Waals surface area contributed by atoms with Crippen LogP contribution in [0.25, 0.3) is 0 Å². The van der Waals surface area contributed by atoms with Crippen LogP contribution in [0.15, 0.2) is 30.3 Å². The Morgan fingerprint density at radius 1 is 1.11 bits per heavy atom. The molecule has 0 saturated heterocycles. The molecular formula is C16H25NO2. The molecule has 0 bridgehead atoms. The van der Waals surface area contributed by atoms with Gasteiger partial charge in [0, 0.05) is 0 Å². The molecule has 0 radical (unpaired) electrons. The van der Waals surface area contributed by atoms with Crippen molar-refractivity contribution in [1.29, 1.82) is 0 Å². The minimum absolute atomic E-state index is 0.515. The van der Waals surface area contributed by atoms with E-state index in [0.717, 1.165) is 44.3 Å². The summed E-state index contributed by atoms with van der Waals surface area (Å²) in [4.78, 5) is 13.7. The molecule has 1 aromatic rings. The molecule has 19 heavy (non-hydrogen) atoms. The minimum Gasteiger partial charge on any atom is -0.480 e. The van der Waals surface area contributed by atoms with Crippen LogP contribution in [0, 0.1) is 0 Å². The largest absolute Gasteiger partial charge is 0.480 e. The van der Waals surface area contributed by atoms with Crippen molar-refractivity contribution in [3.8, 4) is 0 Å². The highest BCUT2D eigenvalue weighted by Crippen LogP contribution is 2.22. The maximum atomic E-state index is 11.6. The van der Waals surface area contributed by atoms with Crippen molar-refractivity contribution >= 4 is 5.97 Å². The molecule has 0 aliphatic rings. The first-order valence-electron chi connectivity index (χ1n) is 7.22. The number of unbranched alkanes of at least 4 members (excludes halogenated alkanes) is 2. The molecular weight excluding hydrogens is 238 g/mol. The van der Waals surface area contributed by atoms with Crippen molar-refractivity contribution in [3.63, 3.8) is 0 Å². The maximum absolute atomic E-state index is 11.6. The van der Waals surface area contributed by atoms with Crippen LogP contribution >= 0.6 is 0 Å². The average molecular weight is 263 g/mol. The van der Waals surface area contributed by atoms with Gasteiger partial charge in [-0.05, 0) is 31.5 Å². The van der Waals surface area contributed by atoms with E-state index in [0.29, 0.717) is 0 Å². The highest BCUT2D eigenvalue weighted by atomic mass is 16.4. The fraction of sp³-hybridized carbons (Fsp3) is 0.562. The second-order valence-corrected chi connectivity index (χ2v) is 4.89. The van der Waals surface area contributed by atoms with E-state index in [2.05, 4.69) is 18.7 Å². The zero-order valence-electron chi connectivity index (χ0n) is 12.0. The average Bonchev–Trinajstić information content (AvgIpc) is 2.42. The zero-order valence-corrected chi connectivity index (χ0v) is 12.0. The number of carboxylic acid groups (broad SMARTS) is 1. The molecule has 1 unspecified atom stereocenters. The Hall–Kier alpha value is -1.35. The van der Waals surface area contributed by atoms with Gasteiger partial charge in [0.15, 0.2) is 0 Å². The lowest BCUT2D eigenvalue weighted by molar-refractivity contribution is -0.143. The molecule has 0 saturated carbocycles. The van der Waals surface area contributed by atoms with Crippen LogP contribution < -0.4 is 0 Å². The van der Waals surface area contributed by atoms with Crippen molar-refractivity contribution < 1.29 is 9.90 Å². The molecule has 0 spiro atoms. The fourth-order valence-corrected chi connectivity index (χ4v) is 2.24. The fourth-order valence-electron chi connectivity index (χ4n) is 2.24. The summed E-state index contributed by atoms with van der Waals surface area (Å²) in [5, 5.41) is 9.55. The summed E-state index contributed by atoms with van der Waals surface area (Å²) in [7, 11) is 0. The van der Waals surface area contributed by atoms with E-state index in [9.17, 15) is 9.90 Å². The van der Waals surface area contributed by atoms with Gasteiger partial charge >= 0.3 is 5.97 Å². The zero-order chi connectivity index (χ0) is 14.1. The summed E-state index contributed by atoms with van der Waals surface area (Å²) >= 11 is 0. The smallest absolute Gasteiger partial charge is 0.325 e. The van der Waals surface area contributed by atoms with Gasteiger partial charge in [0.25, 0.3) is 0 Å². The van der Waals surface area contributed by atoms with Gasteiger partial charge in [-0.25, -0.2) is 0 Å². The van der Waals surface area contributed by atoms with E-state index in [4.69, 9.17) is 0 Å². The van der Waals surface area contributed by atoms with E-state index in [1.54, 1.807) is 0 Å². The Kier molecular flexibility index (Phi) is 7.19. The summed E-state index contributed by atoms with van der Waals surface area (Å²) in [6.45, 7) is 5.97. The molecule has 0 heterocycles. The van der Waals surface area contributed by atoms with Crippen LogP contribution in [-0.4, -0.2) is 29.1 Å². The molecule has 0 aromatic heterocycles. The summed E-state index contributed by atoms with van der Waals surface area (Å²) < 4.78 is 0. The molecule has 1 rings (SSSR count). The minimum atomic E-state index is -0.751. The monoisotopic (exact) mass is 263 g/mol. The molecule has 0 amide bonds. The first-order chi connectivity index (χ1) is 9.20. The second kappa shape index (κ2) is 8.70. The molecule has 1 aromatic carbocycles. The Labute approximate surface area is 116 Å². The number of nitrogens with zero attached hydrogens (tertiary/aromatic N) is 1. The number of hydrogen-bond donors (Lipinski definition) is 1. The van der Waals surface area contributed by atoms with Crippen LogP contribution in [0.1, 0.15) is 51.1 Å². The summed E-state index contributed by atoms with van der Waals surface area (Å²) in [6.07, 6.45) is 4.26. The predicted molar refractivity (Wildman–Crippen MR) is 78.2 cm³/mol. The molecule has 3 heteroatoms. The summed E-state index contributed by atoms with van der Waals surface area (Å²) in [5.41, 5.74) is 0.877. The number of carboxylic acids is 1. The molecule has 0 fully saturated rings. The highest BCUT2D eigenvalue weighted by Gasteiger charge is 2.26. The normalized spacial score (nSPS) is 12.6. The van der Waals surface area contributed by atoms with E-state index in [1.165, 1.54) is 0 Å². The van der Waals surface area contributed by atoms with Crippen LogP contribution in [0.2, 0.25) is 0 Å². The predicted octanol–water partition coefficient (Wildman–Crippen LogP) is 3.71. The maximum Gasteiger partial charge on any atom is 0.325 e. The molecule has 0 aliphatic heterocycles. The Bertz CT molecular complexity index is 356. The van der Waals surface area contributed by atoms with E-state index < -0.39 is 12.0 Å². The van der Waals surface area contributed by atoms with Crippen LogP contribution in [0.3, 0.4) is 0 Å². The van der Waals surface area contributed by atoms with Crippen LogP contribution in [0.5, 0.6) is 0 Å². The number of aliphatic carboxylic acids is 1. The van der Waals surface area contributed by atoms with Crippen LogP contribution in [-0.2, 0) is 4.79 Å². The van der Waals surface area contributed by atoms with Crippen molar-refractivity contribution in [2.45, 2.75) is 45.6 Å². The molecule has 1 N–H and O–H groups in total. The van der Waals surface area contributed by atoms with Gasteiger partial charge in [0.1, 0.15) is 6.04 Å². The number of benzene rings is 1.